The van der Waals surface area contributed by atoms with Gasteiger partial charge in [-0.25, -0.2) is 9.31 Å². The van der Waals surface area contributed by atoms with E-state index in [1.54, 1.807) is 42.1 Å². The molecule has 0 atom stereocenters. The van der Waals surface area contributed by atoms with Crippen LogP contribution in [0.5, 0.6) is 5.75 Å². The lowest BCUT2D eigenvalue weighted by Gasteiger charge is -2.34. The number of aromatic nitrogens is 4. The van der Waals surface area contributed by atoms with E-state index < -0.39 is 0 Å². The second kappa shape index (κ2) is 12.2. The van der Waals surface area contributed by atoms with Crippen molar-refractivity contribution in [3.05, 3.63) is 83.8 Å². The Hall–Kier alpha value is -5.39. The molecule has 5 aromatic rings. The van der Waals surface area contributed by atoms with Gasteiger partial charge in [0.2, 0.25) is 0 Å². The number of methoxy groups -OCH3 is 1. The molecule has 1 fully saturated rings. The van der Waals surface area contributed by atoms with Gasteiger partial charge in [-0.15, -0.1) is 0 Å². The third kappa shape index (κ3) is 6.23. The van der Waals surface area contributed by atoms with Crippen LogP contribution in [-0.4, -0.2) is 67.9 Å². The minimum Gasteiger partial charge on any atom is -0.495 e. The zero-order valence-electron chi connectivity index (χ0n) is 26.6. The Labute approximate surface area is 266 Å². The predicted octanol–water partition coefficient (Wildman–Crippen LogP) is 5.65. The lowest BCUT2D eigenvalue weighted by molar-refractivity contribution is 0.101. The van der Waals surface area contributed by atoms with Crippen LogP contribution in [0.1, 0.15) is 66.1 Å². The fourth-order valence-electron chi connectivity index (χ4n) is 5.77. The summed E-state index contributed by atoms with van der Waals surface area (Å²) in [4.78, 5) is 41.2. The Morgan fingerprint density at radius 3 is 2.41 bits per heavy atom. The number of carbonyl (C=O) groups excluding carboxylic acids is 3. The summed E-state index contributed by atoms with van der Waals surface area (Å²) in [7, 11) is 1.57. The molecule has 1 aliphatic rings. The van der Waals surface area contributed by atoms with Gasteiger partial charge in [0.05, 0.1) is 42.1 Å². The number of pyridine rings is 1. The van der Waals surface area contributed by atoms with Gasteiger partial charge in [0.15, 0.2) is 5.69 Å². The Kier molecular flexibility index (Phi) is 8.11. The van der Waals surface area contributed by atoms with Gasteiger partial charge in [0.1, 0.15) is 5.75 Å². The van der Waals surface area contributed by atoms with E-state index in [0.717, 1.165) is 29.3 Å². The van der Waals surface area contributed by atoms with Crippen molar-refractivity contribution in [2.24, 2.45) is 0 Å². The third-order valence-corrected chi connectivity index (χ3v) is 8.11. The minimum absolute atomic E-state index is 0.0606. The number of fused-ring (bicyclic) bond motifs is 2. The molecule has 0 spiro atoms. The fourth-order valence-corrected chi connectivity index (χ4v) is 5.77. The number of benzene rings is 2. The van der Waals surface area contributed by atoms with Crippen LogP contribution in [0, 0.1) is 6.92 Å². The highest BCUT2D eigenvalue weighted by molar-refractivity contribution is 6.12. The molecule has 4 amide bonds. The maximum atomic E-state index is 13.6. The number of nitrogens with zero attached hydrogens (tertiary/aromatic N) is 5. The summed E-state index contributed by atoms with van der Waals surface area (Å²) in [5.41, 5.74) is 3.99. The van der Waals surface area contributed by atoms with E-state index in [-0.39, 0.29) is 29.4 Å². The molecule has 3 aromatic heterocycles. The van der Waals surface area contributed by atoms with Crippen molar-refractivity contribution in [2.75, 3.05) is 30.8 Å². The van der Waals surface area contributed by atoms with Crippen molar-refractivity contribution in [2.45, 2.75) is 52.1 Å². The Morgan fingerprint density at radius 1 is 0.935 bits per heavy atom. The summed E-state index contributed by atoms with van der Waals surface area (Å²) >= 11 is 0. The predicted molar refractivity (Wildman–Crippen MR) is 177 cm³/mol. The first-order valence-electron chi connectivity index (χ1n) is 15.3. The van der Waals surface area contributed by atoms with E-state index in [4.69, 9.17) is 9.84 Å². The van der Waals surface area contributed by atoms with Crippen molar-refractivity contribution in [1.82, 2.24) is 29.6 Å². The molecule has 0 bridgehead atoms. The van der Waals surface area contributed by atoms with Crippen molar-refractivity contribution in [3.63, 3.8) is 0 Å². The van der Waals surface area contributed by atoms with Crippen molar-refractivity contribution < 1.29 is 19.1 Å². The number of urea groups is 1. The van der Waals surface area contributed by atoms with Crippen LogP contribution < -0.4 is 20.7 Å². The number of ether oxygens (including phenoxy) is 1. The molecule has 0 saturated carbocycles. The second-order valence-corrected chi connectivity index (χ2v) is 12.6. The summed E-state index contributed by atoms with van der Waals surface area (Å²) in [6.07, 6.45) is 4.70. The van der Waals surface area contributed by atoms with Crippen LogP contribution in [0.4, 0.5) is 16.2 Å². The van der Waals surface area contributed by atoms with E-state index in [1.807, 2.05) is 67.6 Å². The van der Waals surface area contributed by atoms with Crippen molar-refractivity contribution >= 4 is 45.6 Å². The van der Waals surface area contributed by atoms with Crippen LogP contribution >= 0.6 is 0 Å². The Bertz CT molecular complexity index is 1950. The number of anilines is 2. The van der Waals surface area contributed by atoms with E-state index >= 15 is 0 Å². The molecule has 0 aliphatic carbocycles. The molecule has 12 heteroatoms. The Balaban J connectivity index is 1.15. The molecule has 0 radical (unpaired) electrons. The summed E-state index contributed by atoms with van der Waals surface area (Å²) in [6, 6.07) is 16.6. The third-order valence-electron chi connectivity index (χ3n) is 8.11. The first-order valence-corrected chi connectivity index (χ1v) is 15.3. The molecule has 1 aliphatic heterocycles. The van der Waals surface area contributed by atoms with E-state index in [9.17, 15) is 14.4 Å². The van der Waals surface area contributed by atoms with Crippen LogP contribution in [0.3, 0.4) is 0 Å². The maximum absolute atomic E-state index is 13.6. The number of nitrogens with one attached hydrogen (secondary N) is 3. The average molecular weight is 623 g/mol. The fraction of sp³-hybridized carbons (Fsp3) is 0.324. The first-order chi connectivity index (χ1) is 22.0. The van der Waals surface area contributed by atoms with Crippen LogP contribution in [-0.2, 0) is 0 Å². The summed E-state index contributed by atoms with van der Waals surface area (Å²) in [6.45, 7) is 8.99. The number of rotatable bonds is 6. The largest absolute Gasteiger partial charge is 0.495 e. The SMILES string of the molecule is COc1ccc2c(C(=O)Nc3ccc(NC(=O)c4nn(C5CCN(C(=O)NC(C)(C)C)CC5)c5ccccc45)cc3C)cnn2c1. The van der Waals surface area contributed by atoms with Gasteiger partial charge in [0.25, 0.3) is 11.8 Å². The zero-order valence-corrected chi connectivity index (χ0v) is 26.6. The van der Waals surface area contributed by atoms with Crippen LogP contribution in [0.15, 0.2) is 67.0 Å². The first kappa shape index (κ1) is 30.6. The quantitative estimate of drug-likeness (QED) is 0.224. The smallest absolute Gasteiger partial charge is 0.317 e. The summed E-state index contributed by atoms with van der Waals surface area (Å²) in [5.74, 6) is 0.0197. The lowest BCUT2D eigenvalue weighted by atomic mass is 10.0. The van der Waals surface area contributed by atoms with Gasteiger partial charge >= 0.3 is 6.03 Å². The highest BCUT2D eigenvalue weighted by atomic mass is 16.5. The van der Waals surface area contributed by atoms with Gasteiger partial charge in [-0.05, 0) is 82.5 Å². The number of hydrogen-bond acceptors (Lipinski definition) is 6. The lowest BCUT2D eigenvalue weighted by Crippen LogP contribution is -2.50. The molecule has 1 saturated heterocycles. The standard InChI is InChI=1S/C34H38N8O4/c1-21-18-22(10-12-27(21)37-31(43)26-19-35-41-20-24(46-5)11-13-28(26)41)36-32(44)30-25-8-6-7-9-29(25)42(39-30)23-14-16-40(17-15-23)33(45)38-34(2,3)4/h6-13,18-20,23H,14-17H2,1-5H3,(H,36,44)(H,37,43)(H,38,45). The highest BCUT2D eigenvalue weighted by Gasteiger charge is 2.29. The molecule has 2 aromatic carbocycles. The van der Waals surface area contributed by atoms with Crippen LogP contribution in [0.25, 0.3) is 16.4 Å². The number of amides is 4. The molecule has 12 nitrogen and oxygen atoms in total. The number of carbonyl (C=O) groups is 3. The van der Waals surface area contributed by atoms with E-state index in [2.05, 4.69) is 21.0 Å². The Morgan fingerprint density at radius 2 is 1.70 bits per heavy atom. The summed E-state index contributed by atoms with van der Waals surface area (Å²) < 4.78 is 8.76. The molecule has 46 heavy (non-hydrogen) atoms. The van der Waals surface area contributed by atoms with E-state index in [0.29, 0.717) is 47.0 Å². The highest BCUT2D eigenvalue weighted by Crippen LogP contribution is 2.29. The molecule has 6 rings (SSSR count). The molecular weight excluding hydrogens is 584 g/mol. The monoisotopic (exact) mass is 622 g/mol. The van der Waals surface area contributed by atoms with Crippen LogP contribution in [0.2, 0.25) is 0 Å². The second-order valence-electron chi connectivity index (χ2n) is 12.6. The normalized spacial score (nSPS) is 14.0. The molecular formula is C34H38N8O4. The number of piperidine rings is 1. The van der Waals surface area contributed by atoms with Gasteiger partial charge in [0, 0.05) is 35.4 Å². The van der Waals surface area contributed by atoms with Gasteiger partial charge in [-0.2, -0.15) is 10.2 Å². The van der Waals surface area contributed by atoms with Gasteiger partial charge in [-0.1, -0.05) is 18.2 Å². The average Bonchev–Trinajstić information content (AvgIpc) is 3.63. The number of hydrogen-bond donors (Lipinski definition) is 3. The molecule has 238 valence electrons. The minimum atomic E-state index is -0.324. The van der Waals surface area contributed by atoms with Gasteiger partial charge < -0.3 is 25.6 Å². The van der Waals surface area contributed by atoms with Gasteiger partial charge in [-0.3, -0.25) is 14.3 Å². The molecule has 4 heterocycles. The molecule has 3 N–H and O–H groups in total. The number of likely N-dealkylation sites (tertiary alicyclic amines) is 1. The topological polar surface area (TPSA) is 135 Å². The number of aryl methyl sites for hydroxylation is 1. The summed E-state index contributed by atoms with van der Waals surface area (Å²) in [5, 5.41) is 18.8. The van der Waals surface area contributed by atoms with E-state index in [1.165, 1.54) is 6.20 Å². The van der Waals surface area contributed by atoms with Crippen molar-refractivity contribution in [3.8, 4) is 5.75 Å². The zero-order chi connectivity index (χ0) is 32.6. The van der Waals surface area contributed by atoms with Crippen molar-refractivity contribution in [1.29, 1.82) is 0 Å². The molecule has 0 unspecified atom stereocenters. The maximum Gasteiger partial charge on any atom is 0.317 e. The number of para-hydroxylation sites is 1.